The minimum atomic E-state index is -0.970. The van der Waals surface area contributed by atoms with Crippen molar-refractivity contribution < 1.29 is 19.4 Å². The maximum atomic E-state index is 11.2. The third-order valence-corrected chi connectivity index (χ3v) is 5.33. The van der Waals surface area contributed by atoms with E-state index in [1.165, 1.54) is 0 Å². The summed E-state index contributed by atoms with van der Waals surface area (Å²) in [6.07, 6.45) is 0.675. The van der Waals surface area contributed by atoms with Crippen LogP contribution in [0.3, 0.4) is 0 Å². The van der Waals surface area contributed by atoms with E-state index in [1.807, 2.05) is 26.0 Å². The molecule has 2 aromatic carbocycles. The molecule has 0 fully saturated rings. The minimum absolute atomic E-state index is 0.132. The summed E-state index contributed by atoms with van der Waals surface area (Å²) < 4.78 is 11.3. The van der Waals surface area contributed by atoms with Gasteiger partial charge >= 0.3 is 5.97 Å². The molecule has 3 aromatic rings. The molecule has 0 aliphatic carbocycles. The Morgan fingerprint density at radius 2 is 1.94 bits per heavy atom. The fraction of sp³-hybridized carbons (Fsp3) is 0.200. The third kappa shape index (κ3) is 4.03. The average Bonchev–Trinajstić information content (AvgIpc) is 3.26. The first-order valence-corrected chi connectivity index (χ1v) is 10.2. The summed E-state index contributed by atoms with van der Waals surface area (Å²) in [6.45, 7) is 4.11. The van der Waals surface area contributed by atoms with Gasteiger partial charge in [-0.2, -0.15) is 0 Å². The number of benzene rings is 2. The number of carboxylic acids is 1. The molecule has 1 aliphatic heterocycles. The lowest BCUT2D eigenvalue weighted by Gasteiger charge is -2.12. The van der Waals surface area contributed by atoms with Crippen LogP contribution in [0.25, 0.3) is 11.1 Å². The number of nitrogens with zero attached hydrogens (tertiary/aromatic N) is 1. The lowest BCUT2D eigenvalue weighted by molar-refractivity contribution is 0.0697. The highest BCUT2D eigenvalue weighted by Gasteiger charge is 2.22. The maximum Gasteiger partial charge on any atom is 0.335 e. The fourth-order valence-electron chi connectivity index (χ4n) is 3.59. The Balaban J connectivity index is 1.72. The molecule has 0 saturated heterocycles. The van der Waals surface area contributed by atoms with Crippen molar-refractivity contribution in [3.8, 4) is 34.5 Å². The summed E-state index contributed by atoms with van der Waals surface area (Å²) in [5.41, 5.74) is 16.7. The molecule has 0 radical (unpaired) electrons. The van der Waals surface area contributed by atoms with Crippen molar-refractivity contribution in [2.45, 2.75) is 26.2 Å². The van der Waals surface area contributed by atoms with Gasteiger partial charge in [0.15, 0.2) is 11.5 Å². The number of fused-ring (bicyclic) bond motifs is 1. The highest BCUT2D eigenvalue weighted by molar-refractivity contribution is 5.88. The van der Waals surface area contributed by atoms with E-state index in [9.17, 15) is 4.79 Å². The van der Waals surface area contributed by atoms with Gasteiger partial charge < -0.3 is 26.0 Å². The second-order valence-electron chi connectivity index (χ2n) is 7.49. The van der Waals surface area contributed by atoms with Crippen molar-refractivity contribution >= 4 is 17.5 Å². The molecule has 162 valence electrons. The van der Waals surface area contributed by atoms with Gasteiger partial charge in [-0.25, -0.2) is 9.78 Å². The zero-order valence-corrected chi connectivity index (χ0v) is 17.8. The number of carbonyl (C=O) groups is 1. The van der Waals surface area contributed by atoms with Crippen molar-refractivity contribution in [1.29, 1.82) is 0 Å². The molecule has 2 heterocycles. The van der Waals surface area contributed by atoms with Crippen molar-refractivity contribution in [3.63, 3.8) is 0 Å². The van der Waals surface area contributed by atoms with Gasteiger partial charge in [0.05, 0.1) is 22.5 Å². The van der Waals surface area contributed by atoms with Crippen molar-refractivity contribution in [2.75, 3.05) is 18.3 Å². The first kappa shape index (κ1) is 21.1. The smallest absolute Gasteiger partial charge is 0.335 e. The second kappa shape index (κ2) is 8.52. The lowest BCUT2D eigenvalue weighted by Crippen LogP contribution is -2.03. The van der Waals surface area contributed by atoms with E-state index in [0.29, 0.717) is 35.0 Å². The number of aromatic nitrogens is 1. The number of hydrogen-bond acceptors (Lipinski definition) is 6. The third-order valence-electron chi connectivity index (χ3n) is 5.33. The molecule has 1 aliphatic rings. The SMILES string of the molecule is CCc1nc(N)cc(N)c1C#CC(C)c1cc2c(c(-c3ccc(C(=O)O)cc3)c1)OCO2. The molecular formula is C25H23N3O4. The fourth-order valence-corrected chi connectivity index (χ4v) is 3.59. The number of ether oxygens (including phenoxy) is 2. The Morgan fingerprint density at radius 1 is 1.19 bits per heavy atom. The number of hydrogen-bond donors (Lipinski definition) is 3. The molecule has 0 spiro atoms. The Kier molecular flexibility index (Phi) is 5.61. The van der Waals surface area contributed by atoms with Crippen LogP contribution in [0.4, 0.5) is 11.5 Å². The van der Waals surface area contributed by atoms with Crippen LogP contribution < -0.4 is 20.9 Å². The predicted molar refractivity (Wildman–Crippen MR) is 123 cm³/mol. The second-order valence-corrected chi connectivity index (χ2v) is 7.49. The van der Waals surface area contributed by atoms with E-state index in [1.54, 1.807) is 30.3 Å². The minimum Gasteiger partial charge on any atom is -0.478 e. The van der Waals surface area contributed by atoms with Gasteiger partial charge in [-0.15, -0.1) is 0 Å². The van der Waals surface area contributed by atoms with Crippen LogP contribution in [-0.4, -0.2) is 22.9 Å². The molecule has 32 heavy (non-hydrogen) atoms. The average molecular weight is 429 g/mol. The van der Waals surface area contributed by atoms with Crippen LogP contribution in [0.1, 0.15) is 46.9 Å². The molecule has 0 saturated carbocycles. The standard InChI is InChI=1S/C25H23N3O4/c1-3-21-18(20(26)12-23(27)28-21)9-4-14(2)17-10-19(24-22(11-17)31-13-32-24)15-5-7-16(8-6-15)25(29)30/h5-8,10-12,14H,3,13H2,1-2H3,(H,29,30)(H4,26,27,28). The Hall–Kier alpha value is -4.18. The molecule has 0 amide bonds. The number of anilines is 2. The van der Waals surface area contributed by atoms with Crippen LogP contribution in [0, 0.1) is 11.8 Å². The summed E-state index contributed by atoms with van der Waals surface area (Å²) in [7, 11) is 0. The zero-order chi connectivity index (χ0) is 22.8. The van der Waals surface area contributed by atoms with Gasteiger partial charge in [-0.05, 0) is 48.7 Å². The van der Waals surface area contributed by atoms with Crippen molar-refractivity contribution in [3.05, 3.63) is 64.8 Å². The maximum absolute atomic E-state index is 11.2. The normalized spacial score (nSPS) is 12.7. The molecule has 1 aromatic heterocycles. The molecule has 4 rings (SSSR count). The topological polar surface area (TPSA) is 121 Å². The van der Waals surface area contributed by atoms with Crippen molar-refractivity contribution in [1.82, 2.24) is 4.98 Å². The summed E-state index contributed by atoms with van der Waals surface area (Å²) >= 11 is 0. The number of aryl methyl sites for hydroxylation is 1. The highest BCUT2D eigenvalue weighted by Crippen LogP contribution is 2.43. The van der Waals surface area contributed by atoms with Crippen LogP contribution in [0.5, 0.6) is 11.5 Å². The van der Waals surface area contributed by atoms with Crippen LogP contribution >= 0.6 is 0 Å². The Labute approximate surface area is 186 Å². The molecule has 5 N–H and O–H groups in total. The summed E-state index contributed by atoms with van der Waals surface area (Å²) in [5, 5.41) is 9.16. The number of nitrogens with two attached hydrogens (primary N) is 2. The molecule has 1 unspecified atom stereocenters. The molecule has 7 heteroatoms. The number of aromatic carboxylic acids is 1. The number of pyridine rings is 1. The molecule has 0 bridgehead atoms. The number of carboxylic acid groups (broad SMARTS) is 1. The lowest BCUT2D eigenvalue weighted by atomic mass is 9.94. The van der Waals surface area contributed by atoms with E-state index in [4.69, 9.17) is 26.0 Å². The van der Waals surface area contributed by atoms with Gasteiger partial charge in [0.25, 0.3) is 0 Å². The van der Waals surface area contributed by atoms with Crippen molar-refractivity contribution in [2.24, 2.45) is 0 Å². The van der Waals surface area contributed by atoms with Crippen LogP contribution in [-0.2, 0) is 6.42 Å². The summed E-state index contributed by atoms with van der Waals surface area (Å²) in [4.78, 5) is 15.5. The predicted octanol–water partition coefficient (Wildman–Crippen LogP) is 4.06. The monoisotopic (exact) mass is 429 g/mol. The quantitative estimate of drug-likeness (QED) is 0.535. The molecular weight excluding hydrogens is 406 g/mol. The summed E-state index contributed by atoms with van der Waals surface area (Å²) in [5.74, 6) is 6.98. The van der Waals surface area contributed by atoms with Gasteiger partial charge in [0.1, 0.15) is 5.82 Å². The molecule has 1 atom stereocenters. The first-order valence-electron chi connectivity index (χ1n) is 10.2. The summed E-state index contributed by atoms with van der Waals surface area (Å²) in [6, 6.07) is 12.2. The van der Waals surface area contributed by atoms with Gasteiger partial charge in [0, 0.05) is 17.5 Å². The zero-order valence-electron chi connectivity index (χ0n) is 17.8. The Morgan fingerprint density at radius 3 is 2.62 bits per heavy atom. The van der Waals surface area contributed by atoms with E-state index in [-0.39, 0.29) is 18.3 Å². The largest absolute Gasteiger partial charge is 0.478 e. The van der Waals surface area contributed by atoms with Crippen LogP contribution in [0.15, 0.2) is 42.5 Å². The van der Waals surface area contributed by atoms with Crippen LogP contribution in [0.2, 0.25) is 0 Å². The van der Waals surface area contributed by atoms with E-state index >= 15 is 0 Å². The number of rotatable bonds is 4. The van der Waals surface area contributed by atoms with E-state index in [2.05, 4.69) is 16.8 Å². The van der Waals surface area contributed by atoms with Gasteiger partial charge in [-0.1, -0.05) is 30.9 Å². The van der Waals surface area contributed by atoms with E-state index in [0.717, 1.165) is 22.4 Å². The van der Waals surface area contributed by atoms with Gasteiger partial charge in [-0.3, -0.25) is 0 Å². The van der Waals surface area contributed by atoms with E-state index < -0.39 is 5.97 Å². The highest BCUT2D eigenvalue weighted by atomic mass is 16.7. The Bertz CT molecular complexity index is 1260. The first-order chi connectivity index (χ1) is 15.4. The number of nitrogen functional groups attached to an aromatic ring is 2. The molecule has 7 nitrogen and oxygen atoms in total. The van der Waals surface area contributed by atoms with Gasteiger partial charge in [0.2, 0.25) is 6.79 Å².